The van der Waals surface area contributed by atoms with E-state index in [0.717, 1.165) is 12.0 Å². The third-order valence-electron chi connectivity index (χ3n) is 3.28. The molecule has 126 valence electrons. The minimum Gasteiger partial charge on any atom is -0.389 e. The zero-order valence-corrected chi connectivity index (χ0v) is 15.2. The fourth-order valence-electron chi connectivity index (χ4n) is 2.73. The second-order valence-electron chi connectivity index (χ2n) is 7.80. The Labute approximate surface area is 140 Å². The molecule has 1 atom stereocenters. The van der Waals surface area contributed by atoms with Crippen LogP contribution in [0.25, 0.3) is 0 Å². The summed E-state index contributed by atoms with van der Waals surface area (Å²) in [6.07, 6.45) is 0.532. The van der Waals surface area contributed by atoms with Gasteiger partial charge in [-0.1, -0.05) is 44.5 Å². The van der Waals surface area contributed by atoms with E-state index in [1.54, 1.807) is 0 Å². The van der Waals surface area contributed by atoms with E-state index in [9.17, 15) is 5.11 Å². The standard InChI is InChI=1S/C18H30ClNO2/c1-17(2,3)13-18(4,5)20-10-16(21)12-22-11-14-6-8-15(19)9-7-14/h6-9,16,20-21H,10-13H2,1-5H3/t16-/m1/s1. The van der Waals surface area contributed by atoms with E-state index >= 15 is 0 Å². The molecule has 0 unspecified atom stereocenters. The van der Waals surface area contributed by atoms with Crippen LogP contribution in [0.4, 0.5) is 0 Å². The molecule has 0 amide bonds. The van der Waals surface area contributed by atoms with Crippen molar-refractivity contribution in [3.05, 3.63) is 34.9 Å². The number of rotatable bonds is 8. The van der Waals surface area contributed by atoms with Gasteiger partial charge in [0.25, 0.3) is 0 Å². The van der Waals surface area contributed by atoms with Gasteiger partial charge in [-0.15, -0.1) is 0 Å². The van der Waals surface area contributed by atoms with Crippen molar-refractivity contribution in [1.29, 1.82) is 0 Å². The van der Waals surface area contributed by atoms with E-state index in [1.165, 1.54) is 0 Å². The van der Waals surface area contributed by atoms with Gasteiger partial charge in [0.15, 0.2) is 0 Å². The van der Waals surface area contributed by atoms with Crippen molar-refractivity contribution in [3.63, 3.8) is 0 Å². The molecule has 0 spiro atoms. The maximum absolute atomic E-state index is 10.0. The second-order valence-corrected chi connectivity index (χ2v) is 8.23. The molecule has 1 aromatic rings. The summed E-state index contributed by atoms with van der Waals surface area (Å²) in [6, 6.07) is 7.54. The average molecular weight is 328 g/mol. The molecule has 0 aliphatic rings. The Morgan fingerprint density at radius 2 is 1.73 bits per heavy atom. The fraction of sp³-hybridized carbons (Fsp3) is 0.667. The van der Waals surface area contributed by atoms with E-state index in [4.69, 9.17) is 16.3 Å². The predicted molar refractivity (Wildman–Crippen MR) is 93.3 cm³/mol. The molecule has 0 aliphatic heterocycles. The number of aliphatic hydroxyl groups excluding tert-OH is 1. The van der Waals surface area contributed by atoms with Crippen LogP contribution in [-0.2, 0) is 11.3 Å². The maximum Gasteiger partial charge on any atom is 0.0898 e. The van der Waals surface area contributed by atoms with Gasteiger partial charge in [-0.25, -0.2) is 0 Å². The first-order valence-corrected chi connectivity index (χ1v) is 8.20. The lowest BCUT2D eigenvalue weighted by molar-refractivity contribution is 0.0244. The number of hydrogen-bond donors (Lipinski definition) is 2. The van der Waals surface area contributed by atoms with Crippen LogP contribution in [0.3, 0.4) is 0 Å². The molecular weight excluding hydrogens is 298 g/mol. The summed E-state index contributed by atoms with van der Waals surface area (Å²) in [5, 5.41) is 14.2. The summed E-state index contributed by atoms with van der Waals surface area (Å²) in [5.74, 6) is 0. The third-order valence-corrected chi connectivity index (χ3v) is 3.53. The topological polar surface area (TPSA) is 41.5 Å². The van der Waals surface area contributed by atoms with Gasteiger partial charge in [0, 0.05) is 17.1 Å². The van der Waals surface area contributed by atoms with Crippen molar-refractivity contribution in [2.75, 3.05) is 13.2 Å². The summed E-state index contributed by atoms with van der Waals surface area (Å²) < 4.78 is 5.55. The summed E-state index contributed by atoms with van der Waals surface area (Å²) in [6.45, 7) is 12.3. The quantitative estimate of drug-likeness (QED) is 0.757. The highest BCUT2D eigenvalue weighted by Gasteiger charge is 2.25. The summed E-state index contributed by atoms with van der Waals surface area (Å²) >= 11 is 5.84. The molecule has 0 aromatic heterocycles. The highest BCUT2D eigenvalue weighted by molar-refractivity contribution is 6.30. The maximum atomic E-state index is 10.0. The number of nitrogens with one attached hydrogen (secondary N) is 1. The molecule has 1 aromatic carbocycles. The molecule has 4 heteroatoms. The molecule has 0 heterocycles. The number of ether oxygens (including phenoxy) is 1. The Bertz CT molecular complexity index is 437. The Morgan fingerprint density at radius 3 is 2.27 bits per heavy atom. The van der Waals surface area contributed by atoms with E-state index < -0.39 is 6.10 Å². The van der Waals surface area contributed by atoms with Gasteiger partial charge in [0.2, 0.25) is 0 Å². The van der Waals surface area contributed by atoms with Gasteiger partial charge >= 0.3 is 0 Å². The molecule has 22 heavy (non-hydrogen) atoms. The zero-order valence-electron chi connectivity index (χ0n) is 14.4. The van der Waals surface area contributed by atoms with Crippen molar-refractivity contribution in [2.24, 2.45) is 5.41 Å². The Kier molecular flexibility index (Phi) is 7.33. The third kappa shape index (κ3) is 8.74. The van der Waals surface area contributed by atoms with Crippen LogP contribution in [0.2, 0.25) is 5.02 Å². The summed E-state index contributed by atoms with van der Waals surface area (Å²) in [5.41, 5.74) is 1.31. The summed E-state index contributed by atoms with van der Waals surface area (Å²) in [7, 11) is 0. The van der Waals surface area contributed by atoms with Crippen molar-refractivity contribution >= 4 is 11.6 Å². The molecule has 0 saturated heterocycles. The second kappa shape index (κ2) is 8.30. The van der Waals surface area contributed by atoms with Crippen molar-refractivity contribution in [1.82, 2.24) is 5.32 Å². The Hall–Kier alpha value is -0.610. The molecule has 0 radical (unpaired) electrons. The van der Waals surface area contributed by atoms with Crippen molar-refractivity contribution in [3.8, 4) is 0 Å². The first-order valence-electron chi connectivity index (χ1n) is 7.83. The molecule has 2 N–H and O–H groups in total. The van der Waals surface area contributed by atoms with E-state index in [1.807, 2.05) is 24.3 Å². The molecular formula is C18H30ClNO2. The monoisotopic (exact) mass is 327 g/mol. The average Bonchev–Trinajstić information content (AvgIpc) is 2.36. The Morgan fingerprint density at radius 1 is 1.14 bits per heavy atom. The zero-order chi connectivity index (χ0) is 16.8. The molecule has 0 saturated carbocycles. The van der Waals surface area contributed by atoms with Crippen molar-refractivity contribution in [2.45, 2.75) is 59.3 Å². The van der Waals surface area contributed by atoms with Crippen LogP contribution in [0.5, 0.6) is 0 Å². The smallest absolute Gasteiger partial charge is 0.0898 e. The van der Waals surface area contributed by atoms with Gasteiger partial charge in [0.05, 0.1) is 19.3 Å². The van der Waals surface area contributed by atoms with E-state index in [-0.39, 0.29) is 11.0 Å². The lowest BCUT2D eigenvalue weighted by Crippen LogP contribution is -2.46. The molecule has 0 aliphatic carbocycles. The van der Waals surface area contributed by atoms with Crippen LogP contribution >= 0.6 is 11.6 Å². The molecule has 0 fully saturated rings. The number of β-amino-alcohol motifs (C(OH)–C–C–N with tert-alkyl or cyclic N) is 1. The van der Waals surface area contributed by atoms with Crippen LogP contribution in [0.1, 0.15) is 46.6 Å². The first kappa shape index (κ1) is 19.4. The highest BCUT2D eigenvalue weighted by atomic mass is 35.5. The van der Waals surface area contributed by atoms with Gasteiger partial charge < -0.3 is 15.2 Å². The van der Waals surface area contributed by atoms with Gasteiger partial charge in [-0.3, -0.25) is 0 Å². The van der Waals surface area contributed by atoms with Crippen LogP contribution < -0.4 is 5.32 Å². The van der Waals surface area contributed by atoms with Crippen LogP contribution in [0, 0.1) is 5.41 Å². The lowest BCUT2D eigenvalue weighted by atomic mass is 9.82. The lowest BCUT2D eigenvalue weighted by Gasteiger charge is -2.34. The van der Waals surface area contributed by atoms with E-state index in [0.29, 0.717) is 24.8 Å². The SMILES string of the molecule is CC(C)(C)CC(C)(C)NC[C@@H](O)COCc1ccc(Cl)cc1. The molecule has 0 bridgehead atoms. The minimum atomic E-state index is -0.508. The number of hydrogen-bond acceptors (Lipinski definition) is 3. The summed E-state index contributed by atoms with van der Waals surface area (Å²) in [4.78, 5) is 0. The van der Waals surface area contributed by atoms with E-state index in [2.05, 4.69) is 39.9 Å². The predicted octanol–water partition coefficient (Wildman–Crippen LogP) is 4.02. The largest absolute Gasteiger partial charge is 0.389 e. The molecule has 3 nitrogen and oxygen atoms in total. The fourth-order valence-corrected chi connectivity index (χ4v) is 2.86. The molecule has 1 rings (SSSR count). The normalized spacial score (nSPS) is 14.1. The Balaban J connectivity index is 2.25. The highest BCUT2D eigenvalue weighted by Crippen LogP contribution is 2.26. The van der Waals surface area contributed by atoms with Crippen LogP contribution in [0.15, 0.2) is 24.3 Å². The minimum absolute atomic E-state index is 0.00455. The van der Waals surface area contributed by atoms with Crippen molar-refractivity contribution < 1.29 is 9.84 Å². The van der Waals surface area contributed by atoms with Gasteiger partial charge in [-0.2, -0.15) is 0 Å². The number of aliphatic hydroxyl groups is 1. The number of halogens is 1. The number of benzene rings is 1. The van der Waals surface area contributed by atoms with Gasteiger partial charge in [0.1, 0.15) is 0 Å². The van der Waals surface area contributed by atoms with Crippen LogP contribution in [-0.4, -0.2) is 29.9 Å². The first-order chi connectivity index (χ1) is 10.1. The van der Waals surface area contributed by atoms with Gasteiger partial charge in [-0.05, 0) is 43.4 Å².